The molecule has 0 radical (unpaired) electrons. The van der Waals surface area contributed by atoms with Gasteiger partial charge in [-0.25, -0.2) is 0 Å². The first-order chi connectivity index (χ1) is 21.7. The molecule has 0 aliphatic heterocycles. The summed E-state index contributed by atoms with van der Waals surface area (Å²) in [5.74, 6) is 0. The first-order valence-electron chi connectivity index (χ1n) is 14.6. The first-order valence-corrected chi connectivity index (χ1v) is 14.6. The van der Waals surface area contributed by atoms with Crippen molar-refractivity contribution in [1.29, 1.82) is 5.41 Å². The van der Waals surface area contributed by atoms with Gasteiger partial charge in [-0.2, -0.15) is 5.10 Å². The van der Waals surface area contributed by atoms with Gasteiger partial charge in [0.15, 0.2) is 0 Å². The van der Waals surface area contributed by atoms with Crippen molar-refractivity contribution < 1.29 is 0 Å². The molecule has 0 spiro atoms. The third-order valence-corrected chi connectivity index (χ3v) is 8.13. The van der Waals surface area contributed by atoms with Gasteiger partial charge in [-0.3, -0.25) is 15.8 Å². The number of para-hydroxylation sites is 3. The van der Waals surface area contributed by atoms with Gasteiger partial charge in [0.25, 0.3) is 0 Å². The van der Waals surface area contributed by atoms with E-state index in [0.29, 0.717) is 11.4 Å². The zero-order valence-electron chi connectivity index (χ0n) is 23.8. The Kier molecular flexibility index (Phi) is 6.20. The lowest BCUT2D eigenvalue weighted by atomic mass is 9.96. The molecule has 8 rings (SSSR count). The fraction of sp³-hybridized carbons (Fsp3) is 0. The second-order valence-electron chi connectivity index (χ2n) is 10.9. The summed E-state index contributed by atoms with van der Waals surface area (Å²) in [4.78, 5) is 4.58. The average Bonchev–Trinajstić information content (AvgIpc) is 3.42. The Balaban J connectivity index is 1.04. The lowest BCUT2D eigenvalue weighted by Gasteiger charge is -2.12. The van der Waals surface area contributed by atoms with Crippen LogP contribution in [0, 0.1) is 5.41 Å². The third-order valence-electron chi connectivity index (χ3n) is 8.13. The number of pyridine rings is 1. The summed E-state index contributed by atoms with van der Waals surface area (Å²) in [5, 5.41) is 16.8. The quantitative estimate of drug-likeness (QED) is 0.161. The minimum atomic E-state index is 0.359. The fourth-order valence-corrected chi connectivity index (χ4v) is 5.91. The lowest BCUT2D eigenvalue weighted by molar-refractivity contribution is 1.18. The number of nitrogens with one attached hydrogen (secondary N) is 2. The van der Waals surface area contributed by atoms with Crippen molar-refractivity contribution in [2.45, 2.75) is 0 Å². The Bertz CT molecular complexity index is 2310. The van der Waals surface area contributed by atoms with Crippen LogP contribution in [0.25, 0.3) is 55.1 Å². The molecule has 0 fully saturated rings. The van der Waals surface area contributed by atoms with Crippen LogP contribution in [0.1, 0.15) is 5.56 Å². The second kappa shape index (κ2) is 10.6. The molecule has 2 heterocycles. The molecule has 2 N–H and O–H groups in total. The molecule has 208 valence electrons. The van der Waals surface area contributed by atoms with Crippen LogP contribution in [-0.2, 0) is 0 Å². The van der Waals surface area contributed by atoms with E-state index in [9.17, 15) is 0 Å². The van der Waals surface area contributed by atoms with Gasteiger partial charge in [0.1, 0.15) is 5.71 Å². The van der Waals surface area contributed by atoms with E-state index in [2.05, 4.69) is 111 Å². The molecule has 2 aromatic heterocycles. The highest BCUT2D eigenvalue weighted by Crippen LogP contribution is 2.34. The molecule has 0 saturated carbocycles. The van der Waals surface area contributed by atoms with E-state index in [4.69, 9.17) is 5.41 Å². The van der Waals surface area contributed by atoms with Crippen LogP contribution in [0.5, 0.6) is 0 Å². The Morgan fingerprint density at radius 1 is 0.636 bits per heavy atom. The van der Waals surface area contributed by atoms with Crippen molar-refractivity contribution in [2.75, 3.05) is 5.43 Å². The first kappa shape index (κ1) is 25.6. The van der Waals surface area contributed by atoms with E-state index in [1.807, 2.05) is 60.8 Å². The van der Waals surface area contributed by atoms with Gasteiger partial charge in [-0.05, 0) is 77.4 Å². The maximum Gasteiger partial charge on any atom is 0.108 e. The van der Waals surface area contributed by atoms with Crippen LogP contribution < -0.4 is 5.43 Å². The van der Waals surface area contributed by atoms with Gasteiger partial charge < -0.3 is 4.57 Å². The van der Waals surface area contributed by atoms with Gasteiger partial charge in [0, 0.05) is 33.6 Å². The normalized spacial score (nSPS) is 14.0. The SMILES string of the molecule is N=C1C=C(c2ccc3c4ccccc4n(-c4ccccc4)c3c2)C=C/C1=N/Nc1ccc(-c2cnc3ccccc3c2)cc1. The zero-order chi connectivity index (χ0) is 29.5. The molecule has 0 amide bonds. The summed E-state index contributed by atoms with van der Waals surface area (Å²) >= 11 is 0. The molecule has 0 unspecified atom stereocenters. The monoisotopic (exact) mass is 565 g/mol. The summed E-state index contributed by atoms with van der Waals surface area (Å²) in [6.07, 6.45) is 7.72. The largest absolute Gasteiger partial charge is 0.309 e. The number of hydrazone groups is 1. The number of hydrogen-bond donors (Lipinski definition) is 2. The van der Waals surface area contributed by atoms with Crippen LogP contribution >= 0.6 is 0 Å². The molecular formula is C39H27N5. The van der Waals surface area contributed by atoms with Crippen LogP contribution in [0.3, 0.4) is 0 Å². The summed E-state index contributed by atoms with van der Waals surface area (Å²) in [6.45, 7) is 0. The number of rotatable bonds is 5. The molecule has 1 aliphatic rings. The zero-order valence-corrected chi connectivity index (χ0v) is 23.8. The van der Waals surface area contributed by atoms with Crippen molar-refractivity contribution in [3.63, 3.8) is 0 Å². The Labute approximate surface area is 254 Å². The topological polar surface area (TPSA) is 66.1 Å². The van der Waals surface area contributed by atoms with Gasteiger partial charge >= 0.3 is 0 Å². The molecule has 5 aromatic carbocycles. The standard InChI is InChI=1S/C39H27N5/c40-35-23-27(28-16-20-34-33-11-5-7-13-38(33)44(39(34)24-28)32-9-2-1-3-10-32)17-21-37(35)43-42-31-18-14-26(15-19-31)30-22-29-8-4-6-12-36(29)41-25-30/h1-25,40,42H/b40-35?,43-37-. The van der Waals surface area contributed by atoms with Gasteiger partial charge in [-0.1, -0.05) is 84.9 Å². The van der Waals surface area contributed by atoms with Gasteiger partial charge in [-0.15, -0.1) is 0 Å². The predicted molar refractivity (Wildman–Crippen MR) is 184 cm³/mol. The highest BCUT2D eigenvalue weighted by atomic mass is 15.3. The van der Waals surface area contributed by atoms with E-state index in [-0.39, 0.29) is 0 Å². The smallest absolute Gasteiger partial charge is 0.108 e. The lowest BCUT2D eigenvalue weighted by Crippen LogP contribution is -2.13. The van der Waals surface area contributed by atoms with E-state index in [0.717, 1.165) is 50.1 Å². The van der Waals surface area contributed by atoms with Gasteiger partial charge in [0.2, 0.25) is 0 Å². The summed E-state index contributed by atoms with van der Waals surface area (Å²) in [7, 11) is 0. The number of allylic oxidation sites excluding steroid dienone is 4. The molecule has 5 heteroatoms. The molecule has 0 bridgehead atoms. The molecule has 5 nitrogen and oxygen atoms in total. The Morgan fingerprint density at radius 2 is 1.39 bits per heavy atom. The number of anilines is 1. The van der Waals surface area contributed by atoms with E-state index < -0.39 is 0 Å². The molecule has 44 heavy (non-hydrogen) atoms. The highest BCUT2D eigenvalue weighted by molar-refractivity contribution is 6.51. The summed E-state index contributed by atoms with van der Waals surface area (Å²) in [5.41, 5.74) is 13.5. The molecule has 7 aromatic rings. The maximum atomic E-state index is 8.72. The predicted octanol–water partition coefficient (Wildman–Crippen LogP) is 9.44. The van der Waals surface area contributed by atoms with Crippen LogP contribution in [-0.4, -0.2) is 21.0 Å². The fourth-order valence-electron chi connectivity index (χ4n) is 5.91. The van der Waals surface area contributed by atoms with Crippen molar-refractivity contribution in [3.8, 4) is 16.8 Å². The Morgan fingerprint density at radius 3 is 2.25 bits per heavy atom. The van der Waals surface area contributed by atoms with Crippen molar-refractivity contribution >= 4 is 55.4 Å². The number of fused-ring (bicyclic) bond motifs is 4. The summed E-state index contributed by atoms with van der Waals surface area (Å²) in [6, 6.07) is 43.9. The van der Waals surface area contributed by atoms with Crippen molar-refractivity contribution in [3.05, 3.63) is 157 Å². The molecule has 1 aliphatic carbocycles. The maximum absolute atomic E-state index is 8.72. The van der Waals surface area contributed by atoms with Crippen molar-refractivity contribution in [2.24, 2.45) is 5.10 Å². The molecule has 0 saturated heterocycles. The van der Waals surface area contributed by atoms with Crippen molar-refractivity contribution in [1.82, 2.24) is 9.55 Å². The number of hydrogen-bond acceptors (Lipinski definition) is 4. The second-order valence-corrected chi connectivity index (χ2v) is 10.9. The van der Waals surface area contributed by atoms with E-state index in [1.54, 1.807) is 0 Å². The number of aromatic nitrogens is 2. The Hall–Kier alpha value is -6.07. The van der Waals surface area contributed by atoms with Crippen LogP contribution in [0.2, 0.25) is 0 Å². The molecular weight excluding hydrogens is 538 g/mol. The minimum absolute atomic E-state index is 0.359. The number of benzene rings is 5. The van der Waals surface area contributed by atoms with Gasteiger partial charge in [0.05, 0.1) is 27.9 Å². The van der Waals surface area contributed by atoms with E-state index >= 15 is 0 Å². The number of nitrogens with zero attached hydrogens (tertiary/aromatic N) is 3. The summed E-state index contributed by atoms with van der Waals surface area (Å²) < 4.78 is 2.31. The highest BCUT2D eigenvalue weighted by Gasteiger charge is 2.15. The minimum Gasteiger partial charge on any atom is -0.309 e. The van der Waals surface area contributed by atoms with Crippen LogP contribution in [0.15, 0.2) is 157 Å². The molecule has 0 atom stereocenters. The van der Waals surface area contributed by atoms with E-state index in [1.165, 1.54) is 16.3 Å². The average molecular weight is 566 g/mol. The van der Waals surface area contributed by atoms with Crippen LogP contribution in [0.4, 0.5) is 5.69 Å². The third kappa shape index (κ3) is 4.57.